The highest BCUT2D eigenvalue weighted by atomic mass is 19.3. The third kappa shape index (κ3) is 4.04. The first kappa shape index (κ1) is 18.5. The molecule has 4 nitrogen and oxygen atoms in total. The Morgan fingerprint density at radius 1 is 0.778 bits per heavy atom. The van der Waals surface area contributed by atoms with Gasteiger partial charge in [-0.3, -0.25) is 0 Å². The van der Waals surface area contributed by atoms with Crippen LogP contribution in [-0.2, 0) is 32.2 Å². The lowest BCUT2D eigenvalue weighted by atomic mass is 9.85. The molecule has 3 saturated heterocycles. The van der Waals surface area contributed by atoms with Gasteiger partial charge in [0.1, 0.15) is 6.10 Å². The third-order valence-electron chi connectivity index (χ3n) is 4.94. The van der Waals surface area contributed by atoms with Crippen LogP contribution in [0.2, 0.25) is 0 Å². The molecule has 2 bridgehead atoms. The van der Waals surface area contributed by atoms with E-state index >= 15 is 0 Å². The molecule has 0 aliphatic carbocycles. The molecule has 6 heteroatoms. The Labute approximate surface area is 157 Å². The SMILES string of the molecule is FC1(F)[C@H]2O[C@H](COCc3ccccc3)[C@@H](COCc3ccccc3)[C@@H]1O2. The van der Waals surface area contributed by atoms with Crippen molar-refractivity contribution in [2.24, 2.45) is 5.92 Å². The summed E-state index contributed by atoms with van der Waals surface area (Å²) in [6.07, 6.45) is -3.14. The minimum Gasteiger partial charge on any atom is -0.376 e. The normalized spacial score (nSPS) is 28.5. The van der Waals surface area contributed by atoms with Crippen molar-refractivity contribution in [3.05, 3.63) is 71.8 Å². The van der Waals surface area contributed by atoms with E-state index in [1.54, 1.807) is 0 Å². The van der Waals surface area contributed by atoms with Gasteiger partial charge in [0.05, 0.1) is 32.5 Å². The van der Waals surface area contributed by atoms with Crippen molar-refractivity contribution in [1.29, 1.82) is 0 Å². The standard InChI is InChI=1S/C21H22F2O4/c22-21(23)19-17(13-24-11-15-7-3-1-4-8-15)18(26-20(21)27-19)14-25-12-16-9-5-2-6-10-16/h1-10,17-20H,11-14H2/t17-,18-,19+,20+/m1/s1. The first-order valence-corrected chi connectivity index (χ1v) is 9.06. The Morgan fingerprint density at radius 2 is 1.33 bits per heavy atom. The van der Waals surface area contributed by atoms with Crippen LogP contribution in [0.4, 0.5) is 8.78 Å². The zero-order chi connectivity index (χ0) is 18.7. The summed E-state index contributed by atoms with van der Waals surface area (Å²) in [6.45, 7) is 1.11. The summed E-state index contributed by atoms with van der Waals surface area (Å²) < 4.78 is 50.2. The molecule has 0 aromatic heterocycles. The van der Waals surface area contributed by atoms with Crippen molar-refractivity contribution in [1.82, 2.24) is 0 Å². The van der Waals surface area contributed by atoms with Crippen LogP contribution in [0.25, 0.3) is 0 Å². The van der Waals surface area contributed by atoms with Gasteiger partial charge in [0.25, 0.3) is 0 Å². The average Bonchev–Trinajstić information content (AvgIpc) is 2.70. The number of rotatable bonds is 8. The van der Waals surface area contributed by atoms with E-state index in [0.29, 0.717) is 13.2 Å². The van der Waals surface area contributed by atoms with Crippen molar-refractivity contribution in [2.45, 2.75) is 37.6 Å². The van der Waals surface area contributed by atoms with Gasteiger partial charge >= 0.3 is 5.92 Å². The van der Waals surface area contributed by atoms with E-state index in [9.17, 15) is 8.78 Å². The van der Waals surface area contributed by atoms with Crippen LogP contribution in [0.3, 0.4) is 0 Å². The second kappa shape index (κ2) is 8.02. The van der Waals surface area contributed by atoms with Gasteiger partial charge in [-0.15, -0.1) is 0 Å². The third-order valence-corrected chi connectivity index (χ3v) is 4.94. The molecular formula is C21H22F2O4. The highest BCUT2D eigenvalue weighted by molar-refractivity contribution is 5.14. The van der Waals surface area contributed by atoms with Crippen LogP contribution < -0.4 is 0 Å². The van der Waals surface area contributed by atoms with Gasteiger partial charge in [-0.1, -0.05) is 60.7 Å². The second-order valence-electron chi connectivity index (χ2n) is 6.90. The molecule has 2 aromatic rings. The number of halogens is 2. The van der Waals surface area contributed by atoms with Gasteiger partial charge < -0.3 is 18.9 Å². The summed E-state index contributed by atoms with van der Waals surface area (Å²) in [5.41, 5.74) is 2.02. The molecule has 3 aliphatic heterocycles. The molecule has 3 fully saturated rings. The highest BCUT2D eigenvalue weighted by Crippen LogP contribution is 2.49. The predicted molar refractivity (Wildman–Crippen MR) is 94.2 cm³/mol. The Bertz CT molecular complexity index is 725. The summed E-state index contributed by atoms with van der Waals surface area (Å²) in [4.78, 5) is 0. The van der Waals surface area contributed by atoms with E-state index in [2.05, 4.69) is 0 Å². The fraction of sp³-hybridized carbons (Fsp3) is 0.429. The van der Waals surface area contributed by atoms with Crippen molar-refractivity contribution < 1.29 is 27.7 Å². The summed E-state index contributed by atoms with van der Waals surface area (Å²) in [5, 5.41) is 0. The molecule has 0 radical (unpaired) electrons. The minimum atomic E-state index is -2.98. The largest absolute Gasteiger partial charge is 0.376 e. The molecule has 0 N–H and O–H groups in total. The summed E-state index contributed by atoms with van der Waals surface area (Å²) in [7, 11) is 0. The van der Waals surface area contributed by atoms with Crippen LogP contribution >= 0.6 is 0 Å². The fourth-order valence-corrected chi connectivity index (χ4v) is 3.45. The van der Waals surface area contributed by atoms with Gasteiger partial charge in [-0.25, -0.2) is 0 Å². The van der Waals surface area contributed by atoms with Crippen LogP contribution in [0.1, 0.15) is 11.1 Å². The monoisotopic (exact) mass is 376 g/mol. The van der Waals surface area contributed by atoms with Gasteiger partial charge in [0.15, 0.2) is 0 Å². The van der Waals surface area contributed by atoms with Crippen molar-refractivity contribution in [3.63, 3.8) is 0 Å². The van der Waals surface area contributed by atoms with Crippen LogP contribution in [-0.4, -0.2) is 37.6 Å². The number of fused-ring (bicyclic) bond motifs is 2. The lowest BCUT2D eigenvalue weighted by molar-refractivity contribution is -0.461. The maximum absolute atomic E-state index is 14.1. The quantitative estimate of drug-likeness (QED) is 0.702. The lowest BCUT2D eigenvalue weighted by Crippen LogP contribution is -2.72. The number of benzene rings is 2. The van der Waals surface area contributed by atoms with Crippen molar-refractivity contribution in [3.8, 4) is 0 Å². The van der Waals surface area contributed by atoms with Crippen molar-refractivity contribution in [2.75, 3.05) is 13.2 Å². The summed E-state index contributed by atoms with van der Waals surface area (Å²) in [5.74, 6) is -3.55. The van der Waals surface area contributed by atoms with E-state index < -0.39 is 30.3 Å². The number of ether oxygens (including phenoxy) is 4. The number of alkyl halides is 2. The van der Waals surface area contributed by atoms with Gasteiger partial charge in [-0.2, -0.15) is 8.78 Å². The van der Waals surface area contributed by atoms with Gasteiger partial charge in [0.2, 0.25) is 6.29 Å². The zero-order valence-electron chi connectivity index (χ0n) is 14.8. The first-order chi connectivity index (χ1) is 13.1. The average molecular weight is 376 g/mol. The highest BCUT2D eigenvalue weighted by Gasteiger charge is 2.68. The molecule has 0 spiro atoms. The second-order valence-corrected chi connectivity index (χ2v) is 6.90. The summed E-state index contributed by atoms with van der Waals surface area (Å²) >= 11 is 0. The lowest BCUT2D eigenvalue weighted by Gasteiger charge is -2.54. The number of hydrogen-bond donors (Lipinski definition) is 0. The Balaban J connectivity index is 1.33. The maximum Gasteiger partial charge on any atom is 0.323 e. The molecule has 0 saturated carbocycles. The Hall–Kier alpha value is -1.86. The molecule has 0 unspecified atom stereocenters. The molecule has 0 amide bonds. The van der Waals surface area contributed by atoms with Crippen LogP contribution in [0.5, 0.6) is 0 Å². The molecule has 5 rings (SSSR count). The van der Waals surface area contributed by atoms with E-state index in [1.165, 1.54) is 0 Å². The fourth-order valence-electron chi connectivity index (χ4n) is 3.45. The smallest absolute Gasteiger partial charge is 0.323 e. The molecule has 27 heavy (non-hydrogen) atoms. The topological polar surface area (TPSA) is 36.9 Å². The van der Waals surface area contributed by atoms with E-state index in [-0.39, 0.29) is 13.2 Å². The molecule has 3 heterocycles. The van der Waals surface area contributed by atoms with Crippen LogP contribution in [0.15, 0.2) is 60.7 Å². The Kier molecular flexibility index (Phi) is 5.50. The molecule has 2 aromatic carbocycles. The van der Waals surface area contributed by atoms with Gasteiger partial charge in [0, 0.05) is 5.92 Å². The van der Waals surface area contributed by atoms with Crippen molar-refractivity contribution >= 4 is 0 Å². The van der Waals surface area contributed by atoms with Crippen LogP contribution in [0, 0.1) is 5.92 Å². The Morgan fingerprint density at radius 3 is 1.89 bits per heavy atom. The zero-order valence-corrected chi connectivity index (χ0v) is 14.8. The summed E-state index contributed by atoms with van der Waals surface area (Å²) in [6, 6.07) is 19.3. The molecule has 3 aliphatic rings. The first-order valence-electron chi connectivity index (χ1n) is 9.06. The van der Waals surface area contributed by atoms with E-state index in [4.69, 9.17) is 18.9 Å². The van der Waals surface area contributed by atoms with E-state index in [1.807, 2.05) is 60.7 Å². The minimum absolute atomic E-state index is 0.126. The molecular weight excluding hydrogens is 354 g/mol. The molecule has 4 atom stereocenters. The number of hydrogen-bond acceptors (Lipinski definition) is 4. The van der Waals surface area contributed by atoms with Gasteiger partial charge in [-0.05, 0) is 11.1 Å². The maximum atomic E-state index is 14.1. The molecule has 144 valence electrons. The predicted octanol–water partition coefficient (Wildman–Crippen LogP) is 3.80. The van der Waals surface area contributed by atoms with E-state index in [0.717, 1.165) is 11.1 Å².